The number of hydrogen-bond acceptors (Lipinski definition) is 4. The molecule has 0 fully saturated rings. The fraction of sp³-hybridized carbons (Fsp3) is 0.217. The van der Waals surface area contributed by atoms with Crippen molar-refractivity contribution in [1.29, 1.82) is 0 Å². The van der Waals surface area contributed by atoms with E-state index >= 15 is 0 Å². The first kappa shape index (κ1) is 18.3. The zero-order valence-electron chi connectivity index (χ0n) is 16.6. The summed E-state index contributed by atoms with van der Waals surface area (Å²) in [6.07, 6.45) is 4.80. The van der Waals surface area contributed by atoms with Gasteiger partial charge in [-0.15, -0.1) is 0 Å². The minimum Gasteiger partial charge on any atom is -0.308 e. The predicted molar refractivity (Wildman–Crippen MR) is 115 cm³/mol. The van der Waals surface area contributed by atoms with E-state index in [2.05, 4.69) is 16.1 Å². The molecule has 0 radical (unpaired) electrons. The Labute approximate surface area is 173 Å². The summed E-state index contributed by atoms with van der Waals surface area (Å²) < 4.78 is 3.00. The van der Waals surface area contributed by atoms with Crippen LogP contribution in [0, 0.1) is 0 Å². The molecule has 0 N–H and O–H groups in total. The van der Waals surface area contributed by atoms with Gasteiger partial charge in [0.25, 0.3) is 5.56 Å². The Morgan fingerprint density at radius 2 is 1.87 bits per heavy atom. The van der Waals surface area contributed by atoms with Gasteiger partial charge in [-0.1, -0.05) is 36.4 Å². The Hall–Kier alpha value is -3.74. The standard InChI is InChI=1S/C23H21N5O2/c1-16-11-12-17-7-5-6-10-20(17)27(16)21(29)14-26-15-24-22-19(23(26)30)13-25-28(22)18-8-3-2-4-9-18/h2-10,13,15-16H,11-12,14H2,1H3. The summed E-state index contributed by atoms with van der Waals surface area (Å²) in [6, 6.07) is 17.6. The third-order valence-corrected chi connectivity index (χ3v) is 5.65. The van der Waals surface area contributed by atoms with E-state index in [1.54, 1.807) is 4.68 Å². The molecule has 5 rings (SSSR count). The number of amides is 1. The molecule has 1 atom stereocenters. The van der Waals surface area contributed by atoms with Crippen molar-refractivity contribution in [1.82, 2.24) is 19.3 Å². The number of carbonyl (C=O) groups excluding carboxylic acids is 1. The van der Waals surface area contributed by atoms with Crippen LogP contribution in [-0.2, 0) is 17.8 Å². The van der Waals surface area contributed by atoms with Crippen LogP contribution in [0.4, 0.5) is 5.69 Å². The van der Waals surface area contributed by atoms with Gasteiger partial charge in [0.1, 0.15) is 18.3 Å². The third kappa shape index (κ3) is 2.99. The van der Waals surface area contributed by atoms with Crippen LogP contribution < -0.4 is 10.5 Å². The van der Waals surface area contributed by atoms with E-state index in [9.17, 15) is 9.59 Å². The second-order valence-corrected chi connectivity index (χ2v) is 7.59. The lowest BCUT2D eigenvalue weighted by molar-refractivity contribution is -0.119. The number of nitrogens with zero attached hydrogens (tertiary/aromatic N) is 5. The van der Waals surface area contributed by atoms with Crippen molar-refractivity contribution in [3.05, 3.63) is 83.0 Å². The molecular weight excluding hydrogens is 378 g/mol. The number of anilines is 1. The molecule has 2 aromatic heterocycles. The minimum absolute atomic E-state index is 0.0586. The van der Waals surface area contributed by atoms with Crippen molar-refractivity contribution in [3.63, 3.8) is 0 Å². The van der Waals surface area contributed by atoms with Crippen molar-refractivity contribution in [2.75, 3.05) is 4.90 Å². The van der Waals surface area contributed by atoms with Crippen molar-refractivity contribution < 1.29 is 4.79 Å². The first-order valence-corrected chi connectivity index (χ1v) is 10.0. The first-order chi connectivity index (χ1) is 14.6. The third-order valence-electron chi connectivity index (χ3n) is 5.65. The zero-order chi connectivity index (χ0) is 20.7. The fourth-order valence-corrected chi connectivity index (χ4v) is 4.11. The summed E-state index contributed by atoms with van der Waals surface area (Å²) in [7, 11) is 0. The maximum atomic E-state index is 13.2. The molecule has 30 heavy (non-hydrogen) atoms. The molecule has 0 spiro atoms. The Morgan fingerprint density at radius 3 is 2.70 bits per heavy atom. The highest BCUT2D eigenvalue weighted by Gasteiger charge is 2.28. The molecule has 1 aliphatic heterocycles. The molecule has 0 bridgehead atoms. The van der Waals surface area contributed by atoms with Gasteiger partial charge in [0.15, 0.2) is 5.65 Å². The van der Waals surface area contributed by atoms with Gasteiger partial charge in [0.2, 0.25) is 5.91 Å². The highest BCUT2D eigenvalue weighted by molar-refractivity contribution is 5.95. The van der Waals surface area contributed by atoms with Gasteiger partial charge in [-0.2, -0.15) is 5.10 Å². The molecule has 1 amide bonds. The maximum Gasteiger partial charge on any atom is 0.264 e. The van der Waals surface area contributed by atoms with Crippen LogP contribution in [0.5, 0.6) is 0 Å². The molecule has 0 saturated carbocycles. The summed E-state index contributed by atoms with van der Waals surface area (Å²) in [5, 5.41) is 4.71. The number of fused-ring (bicyclic) bond motifs is 2. The molecule has 0 aliphatic carbocycles. The van der Waals surface area contributed by atoms with Crippen molar-refractivity contribution in [2.45, 2.75) is 32.4 Å². The zero-order valence-corrected chi connectivity index (χ0v) is 16.6. The van der Waals surface area contributed by atoms with Crippen molar-refractivity contribution >= 4 is 22.6 Å². The average molecular weight is 399 g/mol. The SMILES string of the molecule is CC1CCc2ccccc2N1C(=O)Cn1cnc2c(cnn2-c2ccccc2)c1=O. The number of carbonyl (C=O) groups is 1. The van der Waals surface area contributed by atoms with Crippen LogP contribution >= 0.6 is 0 Å². The molecule has 2 aromatic carbocycles. The lowest BCUT2D eigenvalue weighted by Gasteiger charge is -2.35. The van der Waals surface area contributed by atoms with Gasteiger partial charge in [-0.3, -0.25) is 14.2 Å². The summed E-state index contributed by atoms with van der Waals surface area (Å²) in [4.78, 5) is 32.4. The van der Waals surface area contributed by atoms with E-state index in [-0.39, 0.29) is 24.1 Å². The molecule has 4 aromatic rings. The van der Waals surface area contributed by atoms with E-state index in [4.69, 9.17) is 0 Å². The van der Waals surface area contributed by atoms with Crippen molar-refractivity contribution in [3.8, 4) is 5.69 Å². The summed E-state index contributed by atoms with van der Waals surface area (Å²) in [5.74, 6) is -0.117. The Morgan fingerprint density at radius 1 is 1.10 bits per heavy atom. The molecular formula is C23H21N5O2. The maximum absolute atomic E-state index is 13.2. The van der Waals surface area contributed by atoms with Crippen LogP contribution in [0.1, 0.15) is 18.9 Å². The van der Waals surface area contributed by atoms with Gasteiger partial charge >= 0.3 is 0 Å². The number of aryl methyl sites for hydroxylation is 1. The van der Waals surface area contributed by atoms with Crippen molar-refractivity contribution in [2.24, 2.45) is 0 Å². The van der Waals surface area contributed by atoms with Gasteiger partial charge < -0.3 is 4.90 Å². The number of hydrogen-bond donors (Lipinski definition) is 0. The molecule has 3 heterocycles. The van der Waals surface area contributed by atoms with Crippen LogP contribution in [0.15, 0.2) is 71.9 Å². The second kappa shape index (κ2) is 7.26. The van der Waals surface area contributed by atoms with E-state index in [0.717, 1.165) is 29.8 Å². The monoisotopic (exact) mass is 399 g/mol. The van der Waals surface area contributed by atoms with E-state index in [1.165, 1.54) is 17.1 Å². The molecule has 0 saturated heterocycles. The second-order valence-electron chi connectivity index (χ2n) is 7.59. The molecule has 7 nitrogen and oxygen atoms in total. The Balaban J connectivity index is 1.49. The summed E-state index contributed by atoms with van der Waals surface area (Å²) >= 11 is 0. The number of aromatic nitrogens is 4. The van der Waals surface area contributed by atoms with E-state index < -0.39 is 0 Å². The van der Waals surface area contributed by atoms with Crippen LogP contribution in [-0.4, -0.2) is 31.3 Å². The molecule has 7 heteroatoms. The summed E-state index contributed by atoms with van der Waals surface area (Å²) in [5.41, 5.74) is 3.13. The van der Waals surface area contributed by atoms with Crippen LogP contribution in [0.3, 0.4) is 0 Å². The minimum atomic E-state index is -0.270. The number of benzene rings is 2. The van der Waals surface area contributed by atoms with Gasteiger partial charge in [-0.25, -0.2) is 9.67 Å². The number of para-hydroxylation sites is 2. The average Bonchev–Trinajstić information content (AvgIpc) is 3.21. The molecule has 1 unspecified atom stereocenters. The number of rotatable bonds is 3. The lowest BCUT2D eigenvalue weighted by atomic mass is 9.96. The topological polar surface area (TPSA) is 73.0 Å². The Bertz CT molecular complexity index is 1290. The predicted octanol–water partition coefficient (Wildman–Crippen LogP) is 2.95. The highest BCUT2D eigenvalue weighted by atomic mass is 16.2. The summed E-state index contributed by atoms with van der Waals surface area (Å²) in [6.45, 7) is 1.99. The van der Waals surface area contributed by atoms with E-state index in [0.29, 0.717) is 11.0 Å². The van der Waals surface area contributed by atoms with Crippen LogP contribution in [0.2, 0.25) is 0 Å². The van der Waals surface area contributed by atoms with Gasteiger partial charge in [0.05, 0.1) is 11.9 Å². The van der Waals surface area contributed by atoms with Gasteiger partial charge in [0, 0.05) is 11.7 Å². The normalized spacial score (nSPS) is 15.9. The van der Waals surface area contributed by atoms with E-state index in [1.807, 2.05) is 60.4 Å². The fourth-order valence-electron chi connectivity index (χ4n) is 4.11. The lowest BCUT2D eigenvalue weighted by Crippen LogP contribution is -2.44. The largest absolute Gasteiger partial charge is 0.308 e. The van der Waals surface area contributed by atoms with Gasteiger partial charge in [-0.05, 0) is 43.5 Å². The highest BCUT2D eigenvalue weighted by Crippen LogP contribution is 2.30. The first-order valence-electron chi connectivity index (χ1n) is 10.0. The molecule has 150 valence electrons. The van der Waals surface area contributed by atoms with Crippen LogP contribution in [0.25, 0.3) is 16.7 Å². The quantitative estimate of drug-likeness (QED) is 0.531. The smallest absolute Gasteiger partial charge is 0.264 e. The molecule has 1 aliphatic rings. The Kier molecular flexibility index (Phi) is 4.43.